The second-order valence-electron chi connectivity index (χ2n) is 7.27. The number of para-hydroxylation sites is 1. The molecule has 8 nitrogen and oxygen atoms in total. The quantitative estimate of drug-likeness (QED) is 0.411. The molecule has 0 aliphatic heterocycles. The van der Waals surface area contributed by atoms with Crippen LogP contribution in [0.1, 0.15) is 38.1 Å². The van der Waals surface area contributed by atoms with Crippen molar-refractivity contribution in [3.05, 3.63) is 95.3 Å². The molecule has 0 bridgehead atoms. The Morgan fingerprint density at radius 1 is 0.939 bits per heavy atom. The van der Waals surface area contributed by atoms with E-state index in [2.05, 4.69) is 15.6 Å². The minimum absolute atomic E-state index is 0.160. The number of oxazole rings is 1. The largest absolute Gasteiger partial charge is 0.453 e. The average molecular weight is 445 g/mol. The SMILES string of the molecule is COCc1ccc(C(=O)NCc2nc(-c3ccccc3NC(=O)c3ccccc3)oc2C)o1. The van der Waals surface area contributed by atoms with Gasteiger partial charge in [-0.25, -0.2) is 4.98 Å². The highest BCUT2D eigenvalue weighted by Crippen LogP contribution is 2.29. The molecule has 33 heavy (non-hydrogen) atoms. The maximum absolute atomic E-state index is 12.6. The highest BCUT2D eigenvalue weighted by atomic mass is 16.5. The fourth-order valence-corrected chi connectivity index (χ4v) is 3.24. The van der Waals surface area contributed by atoms with Crippen molar-refractivity contribution in [1.29, 1.82) is 0 Å². The molecule has 0 aliphatic carbocycles. The van der Waals surface area contributed by atoms with E-state index in [1.54, 1.807) is 56.5 Å². The Kier molecular flexibility index (Phi) is 6.66. The number of benzene rings is 2. The number of rotatable bonds is 8. The summed E-state index contributed by atoms with van der Waals surface area (Å²) in [6.07, 6.45) is 0. The van der Waals surface area contributed by atoms with Crippen molar-refractivity contribution < 1.29 is 23.2 Å². The molecule has 168 valence electrons. The van der Waals surface area contributed by atoms with Crippen molar-refractivity contribution >= 4 is 17.5 Å². The second kappa shape index (κ2) is 9.97. The van der Waals surface area contributed by atoms with Gasteiger partial charge in [0.25, 0.3) is 11.8 Å². The van der Waals surface area contributed by atoms with Crippen LogP contribution in [0.5, 0.6) is 0 Å². The molecule has 0 aliphatic rings. The first-order valence-corrected chi connectivity index (χ1v) is 10.3. The van der Waals surface area contributed by atoms with Gasteiger partial charge in [0.1, 0.15) is 23.8 Å². The lowest BCUT2D eigenvalue weighted by molar-refractivity contribution is 0.0913. The Labute approximate surface area is 190 Å². The van der Waals surface area contributed by atoms with Crippen LogP contribution >= 0.6 is 0 Å². The third kappa shape index (κ3) is 5.19. The molecule has 0 fully saturated rings. The van der Waals surface area contributed by atoms with E-state index in [9.17, 15) is 9.59 Å². The first-order chi connectivity index (χ1) is 16.0. The monoisotopic (exact) mass is 445 g/mol. The molecule has 0 saturated carbocycles. The van der Waals surface area contributed by atoms with Crippen LogP contribution in [-0.4, -0.2) is 23.9 Å². The van der Waals surface area contributed by atoms with Crippen LogP contribution in [0.15, 0.2) is 75.6 Å². The van der Waals surface area contributed by atoms with Gasteiger partial charge in [-0.15, -0.1) is 0 Å². The summed E-state index contributed by atoms with van der Waals surface area (Å²) in [6, 6.07) is 19.5. The lowest BCUT2D eigenvalue weighted by Gasteiger charge is -2.08. The van der Waals surface area contributed by atoms with Crippen molar-refractivity contribution in [2.45, 2.75) is 20.1 Å². The van der Waals surface area contributed by atoms with E-state index < -0.39 is 0 Å². The standard InChI is InChI=1S/C25H23N3O5/c1-16-21(14-26-24(30)22-13-12-18(33-22)15-31-2)28-25(32-16)19-10-6-7-11-20(19)27-23(29)17-8-4-3-5-9-17/h3-13H,14-15H2,1-2H3,(H,26,30)(H,27,29). The van der Waals surface area contributed by atoms with E-state index in [1.165, 1.54) is 0 Å². The highest BCUT2D eigenvalue weighted by molar-refractivity contribution is 6.05. The van der Waals surface area contributed by atoms with Crippen LogP contribution in [0.25, 0.3) is 11.5 Å². The van der Waals surface area contributed by atoms with Gasteiger partial charge in [-0.3, -0.25) is 9.59 Å². The number of nitrogens with one attached hydrogen (secondary N) is 2. The second-order valence-corrected chi connectivity index (χ2v) is 7.27. The smallest absolute Gasteiger partial charge is 0.287 e. The van der Waals surface area contributed by atoms with Gasteiger partial charge in [-0.1, -0.05) is 30.3 Å². The molecule has 2 aromatic heterocycles. The van der Waals surface area contributed by atoms with Gasteiger partial charge in [0.2, 0.25) is 5.89 Å². The van der Waals surface area contributed by atoms with Crippen molar-refractivity contribution in [1.82, 2.24) is 10.3 Å². The molecular weight excluding hydrogens is 422 g/mol. The maximum Gasteiger partial charge on any atom is 0.287 e. The molecule has 2 amide bonds. The minimum atomic E-state index is -0.364. The number of ether oxygens (including phenoxy) is 1. The average Bonchev–Trinajstić information content (AvgIpc) is 3.45. The fraction of sp³-hybridized carbons (Fsp3) is 0.160. The predicted octanol–water partition coefficient (Wildman–Crippen LogP) is 4.57. The van der Waals surface area contributed by atoms with Crippen LogP contribution in [0.2, 0.25) is 0 Å². The Hall–Kier alpha value is -4.17. The van der Waals surface area contributed by atoms with Crippen molar-refractivity contribution in [2.24, 2.45) is 0 Å². The van der Waals surface area contributed by atoms with E-state index in [1.807, 2.05) is 24.3 Å². The van der Waals surface area contributed by atoms with E-state index in [-0.39, 0.29) is 24.1 Å². The van der Waals surface area contributed by atoms with Crippen molar-refractivity contribution in [2.75, 3.05) is 12.4 Å². The summed E-state index contributed by atoms with van der Waals surface area (Å²) in [7, 11) is 1.55. The molecule has 0 atom stereocenters. The number of amides is 2. The summed E-state index contributed by atoms with van der Waals surface area (Å²) < 4.78 is 16.3. The molecule has 0 spiro atoms. The van der Waals surface area contributed by atoms with Crippen molar-refractivity contribution in [3.63, 3.8) is 0 Å². The van der Waals surface area contributed by atoms with E-state index >= 15 is 0 Å². The zero-order valence-electron chi connectivity index (χ0n) is 18.3. The van der Waals surface area contributed by atoms with Gasteiger partial charge >= 0.3 is 0 Å². The maximum atomic E-state index is 12.6. The third-order valence-corrected chi connectivity index (χ3v) is 4.92. The number of carbonyl (C=O) groups is 2. The summed E-state index contributed by atoms with van der Waals surface area (Å²) in [5.41, 5.74) is 2.33. The topological polar surface area (TPSA) is 107 Å². The van der Waals surface area contributed by atoms with Crippen LogP contribution in [0, 0.1) is 6.92 Å². The summed E-state index contributed by atoms with van der Waals surface area (Å²) >= 11 is 0. The highest BCUT2D eigenvalue weighted by Gasteiger charge is 2.18. The lowest BCUT2D eigenvalue weighted by Crippen LogP contribution is -2.22. The molecule has 8 heteroatoms. The third-order valence-electron chi connectivity index (χ3n) is 4.92. The van der Waals surface area contributed by atoms with Gasteiger partial charge in [-0.2, -0.15) is 0 Å². The lowest BCUT2D eigenvalue weighted by atomic mass is 10.1. The number of methoxy groups -OCH3 is 1. The number of carbonyl (C=O) groups excluding carboxylic acids is 2. The number of aryl methyl sites for hydroxylation is 1. The molecule has 0 radical (unpaired) electrons. The van der Waals surface area contributed by atoms with E-state index in [0.717, 1.165) is 0 Å². The van der Waals surface area contributed by atoms with Gasteiger partial charge in [-0.05, 0) is 43.3 Å². The summed E-state index contributed by atoms with van der Waals surface area (Å²) in [5.74, 6) is 1.08. The molecule has 4 aromatic rings. The van der Waals surface area contributed by atoms with Gasteiger partial charge in [0.05, 0.1) is 17.8 Å². The van der Waals surface area contributed by atoms with Crippen LogP contribution in [0.4, 0.5) is 5.69 Å². The number of hydrogen-bond donors (Lipinski definition) is 2. The number of hydrogen-bond acceptors (Lipinski definition) is 6. The number of aromatic nitrogens is 1. The van der Waals surface area contributed by atoms with Gasteiger partial charge < -0.3 is 24.2 Å². The Balaban J connectivity index is 1.48. The molecule has 2 aromatic carbocycles. The van der Waals surface area contributed by atoms with E-state index in [0.29, 0.717) is 46.5 Å². The molecule has 0 saturated heterocycles. The van der Waals surface area contributed by atoms with Gasteiger partial charge in [0, 0.05) is 12.7 Å². The van der Waals surface area contributed by atoms with Gasteiger partial charge in [0.15, 0.2) is 5.76 Å². The summed E-state index contributed by atoms with van der Waals surface area (Å²) in [5, 5.41) is 5.69. The van der Waals surface area contributed by atoms with Crippen LogP contribution < -0.4 is 10.6 Å². The van der Waals surface area contributed by atoms with E-state index in [4.69, 9.17) is 13.6 Å². The van der Waals surface area contributed by atoms with Crippen molar-refractivity contribution in [3.8, 4) is 11.5 Å². The van der Waals surface area contributed by atoms with Crippen LogP contribution in [0.3, 0.4) is 0 Å². The Bertz CT molecular complexity index is 1260. The Morgan fingerprint density at radius 2 is 1.70 bits per heavy atom. The number of furan rings is 1. The summed E-state index contributed by atoms with van der Waals surface area (Å²) in [6.45, 7) is 2.22. The first kappa shape index (κ1) is 22.0. The zero-order chi connectivity index (χ0) is 23.2. The van der Waals surface area contributed by atoms with Crippen LogP contribution in [-0.2, 0) is 17.9 Å². The normalized spacial score (nSPS) is 10.7. The molecule has 4 rings (SSSR count). The zero-order valence-corrected chi connectivity index (χ0v) is 18.3. The Morgan fingerprint density at radius 3 is 2.48 bits per heavy atom. The first-order valence-electron chi connectivity index (χ1n) is 10.3. The summed E-state index contributed by atoms with van der Waals surface area (Å²) in [4.78, 5) is 29.5. The minimum Gasteiger partial charge on any atom is -0.453 e. The number of nitrogens with zero attached hydrogens (tertiary/aromatic N) is 1. The predicted molar refractivity (Wildman–Crippen MR) is 122 cm³/mol. The fourth-order valence-electron chi connectivity index (χ4n) is 3.24. The molecule has 0 unspecified atom stereocenters. The number of anilines is 1. The molecule has 2 N–H and O–H groups in total. The molecular formula is C25H23N3O5. The molecule has 2 heterocycles.